The van der Waals surface area contributed by atoms with Gasteiger partial charge >= 0.3 is 12.0 Å². The normalized spacial score (nSPS) is 26.1. The highest BCUT2D eigenvalue weighted by Gasteiger charge is 2.34. The molecule has 2 aliphatic rings. The maximum atomic E-state index is 11.7. The lowest BCUT2D eigenvalue weighted by Gasteiger charge is -2.32. The van der Waals surface area contributed by atoms with Gasteiger partial charge in [0, 0.05) is 12.6 Å². The molecule has 1 saturated carbocycles. The number of carboxylic acids is 1. The quantitative estimate of drug-likeness (QED) is 0.711. The molecule has 0 spiro atoms. The molecule has 1 aliphatic carbocycles. The summed E-state index contributed by atoms with van der Waals surface area (Å²) in [4.78, 5) is 24.1. The van der Waals surface area contributed by atoms with E-state index in [1.807, 2.05) is 0 Å². The molecule has 0 radical (unpaired) electrons. The summed E-state index contributed by atoms with van der Waals surface area (Å²) in [6.07, 6.45) is 4.42. The largest absolute Gasteiger partial charge is 0.480 e. The van der Waals surface area contributed by atoms with Crippen molar-refractivity contribution in [1.29, 1.82) is 0 Å². The Morgan fingerprint density at radius 3 is 2.53 bits per heavy atom. The Kier molecular flexibility index (Phi) is 2.79. The number of carboxylic acid groups (broad SMARTS) is 1. The first-order valence-corrected chi connectivity index (χ1v) is 5.48. The summed E-state index contributed by atoms with van der Waals surface area (Å²) in [5.74, 6) is -0.888. The first-order valence-electron chi connectivity index (χ1n) is 5.48. The first-order chi connectivity index (χ1) is 7.18. The van der Waals surface area contributed by atoms with Crippen LogP contribution in [0.1, 0.15) is 32.1 Å². The molecule has 0 aromatic carbocycles. The van der Waals surface area contributed by atoms with Crippen LogP contribution in [-0.4, -0.2) is 40.6 Å². The maximum Gasteiger partial charge on any atom is 0.326 e. The summed E-state index contributed by atoms with van der Waals surface area (Å²) in [5.41, 5.74) is 0. The van der Waals surface area contributed by atoms with E-state index in [0.717, 1.165) is 25.7 Å². The standard InChI is InChI=1S/C10H16N2O3/c13-9(14)8-3-1-2-6-12(8)10(15)11-7-4-5-7/h7-8H,1-6H2,(H,11,15)(H,13,14)/t8-/m1/s1. The van der Waals surface area contributed by atoms with Gasteiger partial charge in [-0.15, -0.1) is 0 Å². The van der Waals surface area contributed by atoms with Crippen molar-refractivity contribution in [3.63, 3.8) is 0 Å². The number of hydrogen-bond acceptors (Lipinski definition) is 2. The molecule has 2 N–H and O–H groups in total. The zero-order valence-electron chi connectivity index (χ0n) is 8.61. The second-order valence-electron chi connectivity index (χ2n) is 4.27. The lowest BCUT2D eigenvalue weighted by Crippen LogP contribution is -2.52. The first kappa shape index (κ1) is 10.3. The van der Waals surface area contributed by atoms with Crippen LogP contribution >= 0.6 is 0 Å². The fourth-order valence-electron chi connectivity index (χ4n) is 1.92. The van der Waals surface area contributed by atoms with Gasteiger partial charge in [0.25, 0.3) is 0 Å². The number of likely N-dealkylation sites (tertiary alicyclic amines) is 1. The Balaban J connectivity index is 1.96. The van der Waals surface area contributed by atoms with Gasteiger partial charge in [-0.1, -0.05) is 0 Å². The molecule has 0 aromatic rings. The monoisotopic (exact) mass is 212 g/mol. The smallest absolute Gasteiger partial charge is 0.326 e. The molecule has 2 amide bonds. The van der Waals surface area contributed by atoms with Gasteiger partial charge in [-0.2, -0.15) is 0 Å². The minimum Gasteiger partial charge on any atom is -0.480 e. The number of aliphatic carboxylic acids is 1. The van der Waals surface area contributed by atoms with Gasteiger partial charge in [-0.25, -0.2) is 9.59 Å². The van der Waals surface area contributed by atoms with Crippen molar-refractivity contribution in [2.75, 3.05) is 6.54 Å². The Hall–Kier alpha value is -1.26. The van der Waals surface area contributed by atoms with Crippen LogP contribution in [0.3, 0.4) is 0 Å². The molecule has 1 heterocycles. The van der Waals surface area contributed by atoms with E-state index in [4.69, 9.17) is 5.11 Å². The number of nitrogens with one attached hydrogen (secondary N) is 1. The van der Waals surface area contributed by atoms with Crippen LogP contribution in [0.15, 0.2) is 0 Å². The van der Waals surface area contributed by atoms with E-state index < -0.39 is 12.0 Å². The summed E-state index contributed by atoms with van der Waals surface area (Å²) >= 11 is 0. The van der Waals surface area contributed by atoms with Crippen molar-refractivity contribution in [2.45, 2.75) is 44.2 Å². The number of piperidine rings is 1. The number of rotatable bonds is 2. The third-order valence-electron chi connectivity index (χ3n) is 2.95. The summed E-state index contributed by atoms with van der Waals surface area (Å²) in [7, 11) is 0. The highest BCUT2D eigenvalue weighted by molar-refractivity contribution is 5.83. The van der Waals surface area contributed by atoms with Crippen molar-refractivity contribution < 1.29 is 14.7 Å². The van der Waals surface area contributed by atoms with Crippen LogP contribution in [0.25, 0.3) is 0 Å². The van der Waals surface area contributed by atoms with E-state index in [9.17, 15) is 9.59 Å². The fourth-order valence-corrected chi connectivity index (χ4v) is 1.92. The van der Waals surface area contributed by atoms with Crippen LogP contribution in [-0.2, 0) is 4.79 Å². The third kappa shape index (κ3) is 2.40. The molecule has 1 aliphatic heterocycles. The third-order valence-corrected chi connectivity index (χ3v) is 2.95. The summed E-state index contributed by atoms with van der Waals surface area (Å²) in [5, 5.41) is 11.8. The van der Waals surface area contributed by atoms with E-state index >= 15 is 0 Å². The van der Waals surface area contributed by atoms with Crippen molar-refractivity contribution in [3.8, 4) is 0 Å². The van der Waals surface area contributed by atoms with Gasteiger partial charge in [0.15, 0.2) is 0 Å². The predicted octanol–water partition coefficient (Wildman–Crippen LogP) is 0.797. The fraction of sp³-hybridized carbons (Fsp3) is 0.800. The van der Waals surface area contributed by atoms with Gasteiger partial charge in [0.05, 0.1) is 0 Å². The Labute approximate surface area is 88.4 Å². The number of hydrogen-bond donors (Lipinski definition) is 2. The summed E-state index contributed by atoms with van der Waals surface area (Å²) in [6, 6.07) is -0.545. The molecule has 2 rings (SSSR count). The van der Waals surface area contributed by atoms with Crippen molar-refractivity contribution in [2.24, 2.45) is 0 Å². The van der Waals surface area contributed by atoms with E-state index in [-0.39, 0.29) is 12.1 Å². The maximum absolute atomic E-state index is 11.7. The van der Waals surface area contributed by atoms with Crippen LogP contribution in [0.2, 0.25) is 0 Å². The Bertz CT molecular complexity index is 276. The molecule has 15 heavy (non-hydrogen) atoms. The van der Waals surface area contributed by atoms with Gasteiger partial charge in [-0.3, -0.25) is 0 Å². The molecule has 1 saturated heterocycles. The topological polar surface area (TPSA) is 69.6 Å². The number of carbonyl (C=O) groups excluding carboxylic acids is 1. The van der Waals surface area contributed by atoms with Gasteiger partial charge < -0.3 is 15.3 Å². The zero-order chi connectivity index (χ0) is 10.8. The summed E-state index contributed by atoms with van der Waals surface area (Å²) < 4.78 is 0. The van der Waals surface area contributed by atoms with Crippen LogP contribution in [0.4, 0.5) is 4.79 Å². The van der Waals surface area contributed by atoms with E-state index in [1.165, 1.54) is 4.90 Å². The second kappa shape index (κ2) is 4.08. The van der Waals surface area contributed by atoms with Gasteiger partial charge in [0.1, 0.15) is 6.04 Å². The number of carbonyl (C=O) groups is 2. The van der Waals surface area contributed by atoms with E-state index in [1.54, 1.807) is 0 Å². The second-order valence-corrected chi connectivity index (χ2v) is 4.27. The zero-order valence-corrected chi connectivity index (χ0v) is 8.61. The van der Waals surface area contributed by atoms with E-state index in [0.29, 0.717) is 13.0 Å². The number of urea groups is 1. The van der Waals surface area contributed by atoms with Crippen LogP contribution in [0, 0.1) is 0 Å². The molecule has 84 valence electrons. The van der Waals surface area contributed by atoms with Crippen LogP contribution in [0.5, 0.6) is 0 Å². The van der Waals surface area contributed by atoms with E-state index in [2.05, 4.69) is 5.32 Å². The number of nitrogens with zero attached hydrogens (tertiary/aromatic N) is 1. The Morgan fingerprint density at radius 1 is 1.20 bits per heavy atom. The molecule has 0 aromatic heterocycles. The van der Waals surface area contributed by atoms with Crippen molar-refractivity contribution >= 4 is 12.0 Å². The predicted molar refractivity (Wildman–Crippen MR) is 53.5 cm³/mol. The average Bonchev–Trinajstić information content (AvgIpc) is 3.01. The average molecular weight is 212 g/mol. The number of amides is 2. The highest BCUT2D eigenvalue weighted by Crippen LogP contribution is 2.21. The molecule has 0 unspecified atom stereocenters. The van der Waals surface area contributed by atoms with Crippen LogP contribution < -0.4 is 5.32 Å². The molecule has 2 fully saturated rings. The lowest BCUT2D eigenvalue weighted by atomic mass is 10.0. The molecule has 0 bridgehead atoms. The minimum atomic E-state index is -0.888. The van der Waals surface area contributed by atoms with Crippen molar-refractivity contribution in [3.05, 3.63) is 0 Å². The van der Waals surface area contributed by atoms with Crippen molar-refractivity contribution in [1.82, 2.24) is 10.2 Å². The Morgan fingerprint density at radius 2 is 1.93 bits per heavy atom. The molecule has 5 heteroatoms. The minimum absolute atomic E-state index is 0.204. The summed E-state index contributed by atoms with van der Waals surface area (Å²) in [6.45, 7) is 0.565. The molecule has 1 atom stereocenters. The van der Waals surface area contributed by atoms with Gasteiger partial charge in [-0.05, 0) is 32.1 Å². The SMILES string of the molecule is O=C(O)[C@H]1CCCCN1C(=O)NC1CC1. The van der Waals surface area contributed by atoms with Gasteiger partial charge in [0.2, 0.25) is 0 Å². The molecular formula is C10H16N2O3. The lowest BCUT2D eigenvalue weighted by molar-refractivity contribution is -0.143. The highest BCUT2D eigenvalue weighted by atomic mass is 16.4. The molecule has 5 nitrogen and oxygen atoms in total. The molecular weight excluding hydrogens is 196 g/mol.